The molecule has 32 heavy (non-hydrogen) atoms. The minimum atomic E-state index is -0.617. The molecule has 3 heterocycles. The first-order valence-corrected chi connectivity index (χ1v) is 10.6. The number of carbonyl (C=O) groups is 2. The highest BCUT2D eigenvalue weighted by Crippen LogP contribution is 2.25. The number of primary amides is 1. The van der Waals surface area contributed by atoms with E-state index in [-0.39, 0.29) is 18.6 Å². The van der Waals surface area contributed by atoms with Crippen molar-refractivity contribution in [1.82, 2.24) is 15.3 Å². The lowest BCUT2D eigenvalue weighted by Crippen LogP contribution is -2.51. The van der Waals surface area contributed by atoms with E-state index in [1.807, 2.05) is 24.3 Å². The van der Waals surface area contributed by atoms with Crippen LogP contribution in [0.1, 0.15) is 45.6 Å². The lowest BCUT2D eigenvalue weighted by atomic mass is 9.95. The van der Waals surface area contributed by atoms with Crippen LogP contribution in [0.25, 0.3) is 17.1 Å². The summed E-state index contributed by atoms with van der Waals surface area (Å²) in [5, 5.41) is 2.81. The highest BCUT2D eigenvalue weighted by molar-refractivity contribution is 5.84. The van der Waals surface area contributed by atoms with Gasteiger partial charge < -0.3 is 25.3 Å². The van der Waals surface area contributed by atoms with Gasteiger partial charge in [-0.25, -0.2) is 9.78 Å². The number of hydrogen-bond acceptors (Lipinski definition) is 7. The highest BCUT2D eigenvalue weighted by atomic mass is 16.6. The number of fused-ring (bicyclic) bond motifs is 1. The number of rotatable bonds is 6. The Labute approximate surface area is 187 Å². The molecule has 172 valence electrons. The second-order valence-corrected chi connectivity index (χ2v) is 8.69. The maximum absolute atomic E-state index is 12.2. The van der Waals surface area contributed by atoms with E-state index in [0.717, 1.165) is 16.6 Å². The van der Waals surface area contributed by atoms with Crippen LogP contribution in [0.4, 0.5) is 4.79 Å². The van der Waals surface area contributed by atoms with E-state index in [4.69, 9.17) is 19.9 Å². The standard InChI is InChI=1S/C23H30N4O5/c1-23(2,3)32-22(29)26-16-8-7-15(31-18(16)13-19(24)28)6-5-14-11-12-25-17-9-10-20(30-4)27-21(14)17/h5-6,9-12,15-16,18H,7-8,13H2,1-4H3,(H2,24,28)(H,26,29)/t15-,16-,18-/m1/s1. The summed E-state index contributed by atoms with van der Waals surface area (Å²) in [6, 6.07) is 5.11. The molecule has 9 nitrogen and oxygen atoms in total. The molecule has 0 bridgehead atoms. The summed E-state index contributed by atoms with van der Waals surface area (Å²) in [5.74, 6) is 0.0127. The summed E-state index contributed by atoms with van der Waals surface area (Å²) in [5.41, 5.74) is 7.14. The van der Waals surface area contributed by atoms with Gasteiger partial charge in [0.25, 0.3) is 0 Å². The van der Waals surface area contributed by atoms with Crippen molar-refractivity contribution in [2.45, 2.75) is 63.9 Å². The predicted molar refractivity (Wildman–Crippen MR) is 120 cm³/mol. The van der Waals surface area contributed by atoms with E-state index < -0.39 is 23.7 Å². The Morgan fingerprint density at radius 3 is 2.75 bits per heavy atom. The van der Waals surface area contributed by atoms with Gasteiger partial charge in [-0.2, -0.15) is 0 Å². The van der Waals surface area contributed by atoms with Gasteiger partial charge in [-0.3, -0.25) is 9.78 Å². The molecule has 1 saturated heterocycles. The van der Waals surface area contributed by atoms with Crippen LogP contribution in [-0.2, 0) is 14.3 Å². The number of amides is 2. The van der Waals surface area contributed by atoms with Crippen LogP contribution < -0.4 is 15.8 Å². The molecule has 3 atom stereocenters. The average Bonchev–Trinajstić information content (AvgIpc) is 2.71. The first-order chi connectivity index (χ1) is 15.1. The lowest BCUT2D eigenvalue weighted by Gasteiger charge is -2.36. The Morgan fingerprint density at radius 2 is 2.06 bits per heavy atom. The molecule has 0 aromatic carbocycles. The van der Waals surface area contributed by atoms with E-state index in [0.29, 0.717) is 18.7 Å². The summed E-state index contributed by atoms with van der Waals surface area (Å²) in [6.07, 6.45) is 5.51. The molecule has 0 saturated carbocycles. The maximum Gasteiger partial charge on any atom is 0.407 e. The lowest BCUT2D eigenvalue weighted by molar-refractivity contribution is -0.124. The fourth-order valence-corrected chi connectivity index (χ4v) is 3.56. The smallest absolute Gasteiger partial charge is 0.407 e. The summed E-state index contributed by atoms with van der Waals surface area (Å²) in [7, 11) is 1.57. The highest BCUT2D eigenvalue weighted by Gasteiger charge is 2.33. The van der Waals surface area contributed by atoms with Crippen LogP contribution in [0.5, 0.6) is 5.88 Å². The van der Waals surface area contributed by atoms with Gasteiger partial charge in [0.05, 0.1) is 42.8 Å². The van der Waals surface area contributed by atoms with E-state index in [1.54, 1.807) is 40.1 Å². The third-order valence-electron chi connectivity index (χ3n) is 4.95. The fraction of sp³-hybridized carbons (Fsp3) is 0.478. The number of nitrogens with one attached hydrogen (secondary N) is 1. The summed E-state index contributed by atoms with van der Waals surface area (Å²) >= 11 is 0. The first kappa shape index (κ1) is 23.5. The van der Waals surface area contributed by atoms with E-state index >= 15 is 0 Å². The van der Waals surface area contributed by atoms with Gasteiger partial charge in [0.15, 0.2) is 0 Å². The number of nitrogens with two attached hydrogens (primary N) is 1. The number of pyridine rings is 2. The molecule has 3 N–H and O–H groups in total. The molecular formula is C23H30N4O5. The Kier molecular flexibility index (Phi) is 7.29. The number of methoxy groups -OCH3 is 1. The largest absolute Gasteiger partial charge is 0.481 e. The maximum atomic E-state index is 12.2. The summed E-state index contributed by atoms with van der Waals surface area (Å²) in [4.78, 5) is 32.6. The summed E-state index contributed by atoms with van der Waals surface area (Å²) < 4.78 is 16.6. The number of carbonyl (C=O) groups excluding carboxylic acids is 2. The molecule has 3 rings (SSSR count). The van der Waals surface area contributed by atoms with E-state index in [1.165, 1.54) is 0 Å². The zero-order chi connectivity index (χ0) is 23.3. The predicted octanol–water partition coefficient (Wildman–Crippen LogP) is 2.97. The second kappa shape index (κ2) is 9.95. The van der Waals surface area contributed by atoms with Crippen molar-refractivity contribution in [3.63, 3.8) is 0 Å². The molecule has 0 unspecified atom stereocenters. The van der Waals surface area contributed by atoms with Gasteiger partial charge in [-0.15, -0.1) is 0 Å². The van der Waals surface area contributed by atoms with Crippen molar-refractivity contribution in [3.8, 4) is 5.88 Å². The number of alkyl carbamates (subject to hydrolysis) is 1. The van der Waals surface area contributed by atoms with Crippen LogP contribution in [0.3, 0.4) is 0 Å². The van der Waals surface area contributed by atoms with Crippen LogP contribution in [0.2, 0.25) is 0 Å². The van der Waals surface area contributed by atoms with E-state index in [9.17, 15) is 9.59 Å². The first-order valence-electron chi connectivity index (χ1n) is 10.6. The molecule has 1 aliphatic heterocycles. The zero-order valence-corrected chi connectivity index (χ0v) is 18.8. The quantitative estimate of drug-likeness (QED) is 0.704. The number of aromatic nitrogens is 2. The Bertz CT molecular complexity index is 1000. The number of hydrogen-bond donors (Lipinski definition) is 2. The molecule has 9 heteroatoms. The molecule has 1 aliphatic rings. The van der Waals surface area contributed by atoms with Crippen molar-refractivity contribution in [2.24, 2.45) is 5.73 Å². The topological polar surface area (TPSA) is 126 Å². The molecule has 2 amide bonds. The van der Waals surface area contributed by atoms with Crippen LogP contribution in [0.15, 0.2) is 30.5 Å². The van der Waals surface area contributed by atoms with Gasteiger partial charge in [0.2, 0.25) is 11.8 Å². The molecule has 2 aromatic rings. The number of ether oxygens (including phenoxy) is 3. The zero-order valence-electron chi connectivity index (χ0n) is 18.8. The Morgan fingerprint density at radius 1 is 1.28 bits per heavy atom. The van der Waals surface area contributed by atoms with Gasteiger partial charge in [-0.1, -0.05) is 12.2 Å². The average molecular weight is 443 g/mol. The fourth-order valence-electron chi connectivity index (χ4n) is 3.56. The van der Waals surface area contributed by atoms with Gasteiger partial charge in [0, 0.05) is 17.8 Å². The van der Waals surface area contributed by atoms with Crippen LogP contribution in [-0.4, -0.2) is 52.9 Å². The SMILES string of the molecule is COc1ccc2nccc(C=C[C@@H]3CC[C@@H](NC(=O)OC(C)(C)C)[C@@H](CC(N)=O)O3)c2n1. The third-order valence-corrected chi connectivity index (χ3v) is 4.95. The van der Waals surface area contributed by atoms with Crippen LogP contribution in [0, 0.1) is 0 Å². The Balaban J connectivity index is 1.72. The van der Waals surface area contributed by atoms with Crippen molar-refractivity contribution in [1.29, 1.82) is 0 Å². The monoisotopic (exact) mass is 442 g/mol. The van der Waals surface area contributed by atoms with Crippen molar-refractivity contribution >= 4 is 29.1 Å². The molecule has 0 spiro atoms. The van der Waals surface area contributed by atoms with Gasteiger partial charge in [0.1, 0.15) is 5.60 Å². The van der Waals surface area contributed by atoms with Gasteiger partial charge >= 0.3 is 6.09 Å². The van der Waals surface area contributed by atoms with Crippen molar-refractivity contribution in [2.75, 3.05) is 7.11 Å². The molecule has 0 radical (unpaired) electrons. The molecular weight excluding hydrogens is 412 g/mol. The van der Waals surface area contributed by atoms with Crippen molar-refractivity contribution < 1.29 is 23.8 Å². The molecule has 2 aromatic heterocycles. The second-order valence-electron chi connectivity index (χ2n) is 8.69. The third kappa shape index (κ3) is 6.40. The summed E-state index contributed by atoms with van der Waals surface area (Å²) in [6.45, 7) is 5.37. The van der Waals surface area contributed by atoms with Crippen molar-refractivity contribution in [3.05, 3.63) is 36.0 Å². The minimum Gasteiger partial charge on any atom is -0.481 e. The minimum absolute atomic E-state index is 0.00173. The molecule has 0 aliphatic carbocycles. The molecule has 1 fully saturated rings. The van der Waals surface area contributed by atoms with E-state index in [2.05, 4.69) is 15.3 Å². The number of nitrogens with zero attached hydrogens (tertiary/aromatic N) is 2. The normalized spacial score (nSPS) is 21.4. The van der Waals surface area contributed by atoms with Gasteiger partial charge in [-0.05, 0) is 45.7 Å². The van der Waals surface area contributed by atoms with Crippen LogP contribution >= 0.6 is 0 Å². The Hall–Kier alpha value is -3.20.